The predicted octanol–water partition coefficient (Wildman–Crippen LogP) is 1.05. The van der Waals surface area contributed by atoms with Crippen LogP contribution in [0.2, 0.25) is 0 Å². The Morgan fingerprint density at radius 1 is 1.12 bits per heavy atom. The molecule has 0 atom stereocenters. The lowest BCUT2D eigenvalue weighted by atomic mass is 9.85. The number of likely N-dealkylation sites (tertiary alicyclic amines) is 1. The number of hydrogen-bond donors (Lipinski definition) is 2. The minimum atomic E-state index is -0.562. The van der Waals surface area contributed by atoms with Crippen LogP contribution < -0.4 is 0 Å². The van der Waals surface area contributed by atoms with Gasteiger partial charge in [0.2, 0.25) is 0 Å². The first-order chi connectivity index (χ1) is 8.22. The zero-order valence-corrected chi connectivity index (χ0v) is 10.2. The molecule has 0 saturated carbocycles. The SMILES string of the molecule is OCCN1CCC(O)(Cc2ccccc2)CC1. The zero-order chi connectivity index (χ0) is 12.1. The van der Waals surface area contributed by atoms with Crippen molar-refractivity contribution in [3.63, 3.8) is 0 Å². The number of rotatable bonds is 4. The first-order valence-electron chi connectivity index (χ1n) is 6.31. The zero-order valence-electron chi connectivity index (χ0n) is 10.2. The highest BCUT2D eigenvalue weighted by molar-refractivity contribution is 5.17. The molecule has 1 aromatic rings. The Hall–Kier alpha value is -0.900. The van der Waals surface area contributed by atoms with E-state index in [1.54, 1.807) is 0 Å². The van der Waals surface area contributed by atoms with E-state index in [-0.39, 0.29) is 6.61 Å². The van der Waals surface area contributed by atoms with Crippen molar-refractivity contribution in [3.8, 4) is 0 Å². The molecule has 0 aromatic heterocycles. The summed E-state index contributed by atoms with van der Waals surface area (Å²) in [5.41, 5.74) is 0.637. The van der Waals surface area contributed by atoms with Crippen LogP contribution >= 0.6 is 0 Å². The van der Waals surface area contributed by atoms with Gasteiger partial charge in [-0.1, -0.05) is 30.3 Å². The predicted molar refractivity (Wildman–Crippen MR) is 67.9 cm³/mol. The van der Waals surface area contributed by atoms with Crippen LogP contribution in [0.3, 0.4) is 0 Å². The second kappa shape index (κ2) is 5.63. The maximum atomic E-state index is 10.5. The molecule has 1 aliphatic heterocycles. The molecule has 0 spiro atoms. The fraction of sp³-hybridized carbons (Fsp3) is 0.571. The number of aliphatic hydroxyl groups is 2. The van der Waals surface area contributed by atoms with Gasteiger partial charge in [-0.2, -0.15) is 0 Å². The maximum absolute atomic E-state index is 10.5. The molecule has 1 aromatic carbocycles. The number of piperidine rings is 1. The quantitative estimate of drug-likeness (QED) is 0.820. The Morgan fingerprint density at radius 2 is 1.76 bits per heavy atom. The number of benzene rings is 1. The van der Waals surface area contributed by atoms with Crippen molar-refractivity contribution in [2.24, 2.45) is 0 Å². The highest BCUT2D eigenvalue weighted by Crippen LogP contribution is 2.26. The molecule has 2 N–H and O–H groups in total. The lowest BCUT2D eigenvalue weighted by molar-refractivity contribution is -0.0232. The van der Waals surface area contributed by atoms with Crippen molar-refractivity contribution < 1.29 is 10.2 Å². The first-order valence-corrected chi connectivity index (χ1v) is 6.31. The monoisotopic (exact) mass is 235 g/mol. The minimum Gasteiger partial charge on any atom is -0.395 e. The molecule has 17 heavy (non-hydrogen) atoms. The van der Waals surface area contributed by atoms with Crippen LogP contribution in [0.15, 0.2) is 30.3 Å². The Labute approximate surface area is 103 Å². The third-order valence-electron chi connectivity index (χ3n) is 3.58. The van der Waals surface area contributed by atoms with Crippen LogP contribution in [0, 0.1) is 0 Å². The number of hydrogen-bond acceptors (Lipinski definition) is 3. The highest BCUT2D eigenvalue weighted by atomic mass is 16.3. The normalized spacial score (nSPS) is 20.4. The van der Waals surface area contributed by atoms with Gasteiger partial charge < -0.3 is 15.1 Å². The summed E-state index contributed by atoms with van der Waals surface area (Å²) in [5.74, 6) is 0. The largest absolute Gasteiger partial charge is 0.395 e. The van der Waals surface area contributed by atoms with Crippen LogP contribution in [0.25, 0.3) is 0 Å². The minimum absolute atomic E-state index is 0.205. The average Bonchev–Trinajstić information content (AvgIpc) is 2.34. The molecule has 1 aliphatic rings. The molecule has 3 nitrogen and oxygen atoms in total. The Balaban J connectivity index is 1.89. The summed E-state index contributed by atoms with van der Waals surface area (Å²) in [4.78, 5) is 2.21. The van der Waals surface area contributed by atoms with E-state index in [4.69, 9.17) is 5.11 Å². The van der Waals surface area contributed by atoms with Crippen LogP contribution in [0.1, 0.15) is 18.4 Å². The van der Waals surface area contributed by atoms with Gasteiger partial charge in [-0.3, -0.25) is 0 Å². The molecule has 0 aliphatic carbocycles. The molecule has 3 heteroatoms. The van der Waals surface area contributed by atoms with Crippen molar-refractivity contribution in [1.82, 2.24) is 4.90 Å². The summed E-state index contributed by atoms with van der Waals surface area (Å²) in [5, 5.41) is 19.4. The van der Waals surface area contributed by atoms with E-state index in [1.165, 1.54) is 5.56 Å². The van der Waals surface area contributed by atoms with E-state index in [0.29, 0.717) is 0 Å². The van der Waals surface area contributed by atoms with Crippen LogP contribution in [-0.2, 0) is 6.42 Å². The lowest BCUT2D eigenvalue weighted by Crippen LogP contribution is -2.46. The van der Waals surface area contributed by atoms with Crippen molar-refractivity contribution >= 4 is 0 Å². The molecule has 2 rings (SSSR count). The lowest BCUT2D eigenvalue weighted by Gasteiger charge is -2.38. The fourth-order valence-corrected chi connectivity index (χ4v) is 2.49. The summed E-state index contributed by atoms with van der Waals surface area (Å²) in [7, 11) is 0. The molecule has 1 fully saturated rings. The van der Waals surface area contributed by atoms with Gasteiger partial charge in [0.25, 0.3) is 0 Å². The molecule has 94 valence electrons. The second-order valence-electron chi connectivity index (χ2n) is 4.95. The van der Waals surface area contributed by atoms with E-state index in [0.717, 1.165) is 38.9 Å². The first kappa shape index (κ1) is 12.6. The van der Waals surface area contributed by atoms with Crippen LogP contribution in [0.5, 0.6) is 0 Å². The number of β-amino-alcohol motifs (C(OH)–C–C–N with tert-alkyl or cyclic N) is 1. The molecular weight excluding hydrogens is 214 g/mol. The van der Waals surface area contributed by atoms with Gasteiger partial charge in [0.05, 0.1) is 12.2 Å². The average molecular weight is 235 g/mol. The summed E-state index contributed by atoms with van der Waals surface area (Å²) in [6.07, 6.45) is 2.32. The van der Waals surface area contributed by atoms with Gasteiger partial charge in [0.15, 0.2) is 0 Å². The molecule has 1 heterocycles. The Kier molecular flexibility index (Phi) is 4.15. The van der Waals surface area contributed by atoms with E-state index >= 15 is 0 Å². The summed E-state index contributed by atoms with van der Waals surface area (Å²) in [6, 6.07) is 10.2. The van der Waals surface area contributed by atoms with E-state index in [9.17, 15) is 5.11 Å². The summed E-state index contributed by atoms with van der Waals surface area (Å²) in [6.45, 7) is 2.69. The molecule has 0 unspecified atom stereocenters. The third kappa shape index (κ3) is 3.53. The Morgan fingerprint density at radius 3 is 2.35 bits per heavy atom. The Bertz CT molecular complexity index is 331. The van der Waals surface area contributed by atoms with Crippen molar-refractivity contribution in [2.45, 2.75) is 24.9 Å². The maximum Gasteiger partial charge on any atom is 0.0712 e. The van der Waals surface area contributed by atoms with E-state index < -0.39 is 5.60 Å². The van der Waals surface area contributed by atoms with Crippen LogP contribution in [-0.4, -0.2) is 47.0 Å². The highest BCUT2D eigenvalue weighted by Gasteiger charge is 2.31. The summed E-state index contributed by atoms with van der Waals surface area (Å²) >= 11 is 0. The van der Waals surface area contributed by atoms with Gasteiger partial charge in [0, 0.05) is 26.1 Å². The molecular formula is C14H21NO2. The molecule has 1 saturated heterocycles. The van der Waals surface area contributed by atoms with Crippen molar-refractivity contribution in [1.29, 1.82) is 0 Å². The topological polar surface area (TPSA) is 43.7 Å². The summed E-state index contributed by atoms with van der Waals surface area (Å²) < 4.78 is 0. The van der Waals surface area contributed by atoms with Gasteiger partial charge in [0.1, 0.15) is 0 Å². The van der Waals surface area contributed by atoms with Gasteiger partial charge in [-0.25, -0.2) is 0 Å². The van der Waals surface area contributed by atoms with Gasteiger partial charge in [-0.15, -0.1) is 0 Å². The van der Waals surface area contributed by atoms with Gasteiger partial charge >= 0.3 is 0 Å². The number of nitrogens with zero attached hydrogens (tertiary/aromatic N) is 1. The molecule has 0 bridgehead atoms. The van der Waals surface area contributed by atoms with Crippen molar-refractivity contribution in [2.75, 3.05) is 26.2 Å². The van der Waals surface area contributed by atoms with Crippen molar-refractivity contribution in [3.05, 3.63) is 35.9 Å². The van der Waals surface area contributed by atoms with E-state index in [2.05, 4.69) is 17.0 Å². The fourth-order valence-electron chi connectivity index (χ4n) is 2.49. The molecule has 0 amide bonds. The number of aliphatic hydroxyl groups excluding tert-OH is 1. The second-order valence-corrected chi connectivity index (χ2v) is 4.95. The van der Waals surface area contributed by atoms with Crippen LogP contribution in [0.4, 0.5) is 0 Å². The third-order valence-corrected chi connectivity index (χ3v) is 3.58. The molecule has 0 radical (unpaired) electrons. The standard InChI is InChI=1S/C14H21NO2/c16-11-10-15-8-6-14(17,7-9-15)12-13-4-2-1-3-5-13/h1-5,16-17H,6-12H2. The smallest absolute Gasteiger partial charge is 0.0712 e. The van der Waals surface area contributed by atoms with Gasteiger partial charge in [-0.05, 0) is 18.4 Å². The van der Waals surface area contributed by atoms with E-state index in [1.807, 2.05) is 18.2 Å².